The second-order valence-corrected chi connectivity index (χ2v) is 7.20. The fraction of sp³-hybridized carbons (Fsp3) is 0.318. The summed E-state index contributed by atoms with van der Waals surface area (Å²) < 4.78 is 5.91. The summed E-state index contributed by atoms with van der Waals surface area (Å²) in [6.07, 6.45) is -0.699. The van der Waals surface area contributed by atoms with E-state index in [1.165, 1.54) is 9.80 Å². The molecule has 30 heavy (non-hydrogen) atoms. The third kappa shape index (κ3) is 3.45. The van der Waals surface area contributed by atoms with Gasteiger partial charge in [0.2, 0.25) is 5.91 Å². The summed E-state index contributed by atoms with van der Waals surface area (Å²) in [5, 5.41) is 5.62. The summed E-state index contributed by atoms with van der Waals surface area (Å²) in [6, 6.07) is 15.3. The first-order valence-corrected chi connectivity index (χ1v) is 10.0. The summed E-state index contributed by atoms with van der Waals surface area (Å²) in [5.74, 6) is 0.342. The molecule has 2 saturated heterocycles. The second-order valence-electron chi connectivity index (χ2n) is 7.20. The van der Waals surface area contributed by atoms with Crippen LogP contribution in [-0.2, 0) is 4.79 Å². The van der Waals surface area contributed by atoms with Crippen molar-refractivity contribution in [2.75, 3.05) is 13.1 Å². The molecule has 2 aliphatic rings. The van der Waals surface area contributed by atoms with Gasteiger partial charge in [-0.2, -0.15) is 0 Å². The fourth-order valence-corrected chi connectivity index (χ4v) is 4.09. The number of nitrogens with one attached hydrogen (secondary N) is 2. The summed E-state index contributed by atoms with van der Waals surface area (Å²) >= 11 is 0. The Balaban J connectivity index is 1.69. The molecule has 8 heteroatoms. The molecule has 0 spiro atoms. The van der Waals surface area contributed by atoms with Gasteiger partial charge in [0, 0.05) is 13.1 Å². The Hall–Kier alpha value is -3.55. The number of urea groups is 2. The van der Waals surface area contributed by atoms with Gasteiger partial charge in [0.15, 0.2) is 0 Å². The minimum absolute atomic E-state index is 0.273. The number of amides is 5. The lowest BCUT2D eigenvalue weighted by molar-refractivity contribution is -0.141. The normalized spacial score (nSPS) is 23.5. The molecule has 0 aliphatic carbocycles. The van der Waals surface area contributed by atoms with Gasteiger partial charge < -0.3 is 20.3 Å². The Morgan fingerprint density at radius 3 is 2.33 bits per heavy atom. The smallest absolute Gasteiger partial charge is 0.328 e. The Kier molecular flexibility index (Phi) is 5.31. The maximum atomic E-state index is 13.2. The van der Waals surface area contributed by atoms with Gasteiger partial charge >= 0.3 is 12.1 Å². The molecular formula is C22H24N4O4. The number of fused-ring (bicyclic) bond motifs is 1. The van der Waals surface area contributed by atoms with Crippen LogP contribution in [0, 0.1) is 5.92 Å². The highest BCUT2D eigenvalue weighted by atomic mass is 16.5. The van der Waals surface area contributed by atoms with E-state index in [0.717, 1.165) is 5.56 Å². The van der Waals surface area contributed by atoms with E-state index in [2.05, 4.69) is 10.6 Å². The number of carbonyl (C=O) groups is 3. The molecule has 2 aliphatic heterocycles. The minimum Gasteiger partial charge on any atom is -0.457 e. The second kappa shape index (κ2) is 8.06. The fourth-order valence-electron chi connectivity index (χ4n) is 4.09. The first-order valence-electron chi connectivity index (χ1n) is 10.0. The number of imide groups is 1. The molecule has 156 valence electrons. The van der Waals surface area contributed by atoms with Crippen LogP contribution in [0.1, 0.15) is 25.5 Å². The zero-order valence-electron chi connectivity index (χ0n) is 16.9. The molecule has 0 radical (unpaired) electrons. The van der Waals surface area contributed by atoms with Crippen LogP contribution < -0.4 is 15.4 Å². The van der Waals surface area contributed by atoms with E-state index in [1.54, 1.807) is 6.92 Å². The monoisotopic (exact) mass is 408 g/mol. The number of nitrogens with zero attached hydrogens (tertiary/aromatic N) is 2. The van der Waals surface area contributed by atoms with Gasteiger partial charge in [-0.1, -0.05) is 30.3 Å². The lowest BCUT2D eigenvalue weighted by atomic mass is 9.85. The third-order valence-corrected chi connectivity index (χ3v) is 5.48. The van der Waals surface area contributed by atoms with Gasteiger partial charge in [0.05, 0.1) is 6.04 Å². The summed E-state index contributed by atoms with van der Waals surface area (Å²) in [6.45, 7) is 4.25. The molecular weight excluding hydrogens is 384 g/mol. The van der Waals surface area contributed by atoms with Crippen molar-refractivity contribution < 1.29 is 19.1 Å². The van der Waals surface area contributed by atoms with Gasteiger partial charge in [0.1, 0.15) is 23.6 Å². The zero-order valence-corrected chi connectivity index (χ0v) is 16.9. The molecule has 4 rings (SSSR count). The number of carbonyl (C=O) groups excluding carboxylic acids is 3. The highest BCUT2D eigenvalue weighted by Gasteiger charge is 2.52. The maximum Gasteiger partial charge on any atom is 0.328 e. The quantitative estimate of drug-likeness (QED) is 0.796. The number of benzene rings is 2. The summed E-state index contributed by atoms with van der Waals surface area (Å²) in [7, 11) is 0. The van der Waals surface area contributed by atoms with Crippen LogP contribution in [-0.4, -0.2) is 47.0 Å². The SMILES string of the molecule is CCN1C(=O)C2C(c3cccc(Oc4ccccc4)c3)NC(=O)NC2N(CC)C1=O. The molecule has 2 aromatic rings. The van der Waals surface area contributed by atoms with Crippen molar-refractivity contribution in [2.45, 2.75) is 26.1 Å². The van der Waals surface area contributed by atoms with Gasteiger partial charge in [-0.3, -0.25) is 9.69 Å². The zero-order chi connectivity index (χ0) is 21.3. The number of para-hydroxylation sites is 1. The number of ether oxygens (including phenoxy) is 1. The first-order chi connectivity index (χ1) is 14.5. The molecule has 3 atom stereocenters. The average molecular weight is 408 g/mol. The highest BCUT2D eigenvalue weighted by Crippen LogP contribution is 2.36. The summed E-state index contributed by atoms with van der Waals surface area (Å²) in [4.78, 5) is 41.0. The standard InChI is InChI=1S/C22H24N4O4/c1-3-25-19-17(20(27)26(4-2)22(25)29)18(23-21(28)24-19)14-9-8-12-16(13-14)30-15-10-6-5-7-11-15/h5-13,17-19H,3-4H2,1-2H3,(H2,23,24,28). The molecule has 2 N–H and O–H groups in total. The molecule has 5 amide bonds. The van der Waals surface area contributed by atoms with Crippen molar-refractivity contribution in [1.29, 1.82) is 0 Å². The first kappa shape index (κ1) is 19.8. The van der Waals surface area contributed by atoms with E-state index in [1.807, 2.05) is 61.5 Å². The maximum absolute atomic E-state index is 13.2. The molecule has 2 heterocycles. The lowest BCUT2D eigenvalue weighted by Crippen LogP contribution is -2.72. The number of hydrogen-bond donors (Lipinski definition) is 2. The summed E-state index contributed by atoms with van der Waals surface area (Å²) in [5.41, 5.74) is 0.739. The Morgan fingerprint density at radius 1 is 0.900 bits per heavy atom. The number of hydrogen-bond acceptors (Lipinski definition) is 4. The largest absolute Gasteiger partial charge is 0.457 e. The van der Waals surface area contributed by atoms with Crippen molar-refractivity contribution in [1.82, 2.24) is 20.4 Å². The van der Waals surface area contributed by atoms with E-state index in [0.29, 0.717) is 18.0 Å². The molecule has 2 fully saturated rings. The van der Waals surface area contributed by atoms with Crippen LogP contribution in [0.25, 0.3) is 0 Å². The van der Waals surface area contributed by atoms with Gasteiger partial charge in [-0.05, 0) is 43.7 Å². The van der Waals surface area contributed by atoms with Crippen LogP contribution in [0.3, 0.4) is 0 Å². The van der Waals surface area contributed by atoms with E-state index >= 15 is 0 Å². The van der Waals surface area contributed by atoms with Gasteiger partial charge in [-0.15, -0.1) is 0 Å². The van der Waals surface area contributed by atoms with E-state index < -0.39 is 24.2 Å². The minimum atomic E-state index is -0.699. The lowest BCUT2D eigenvalue weighted by Gasteiger charge is -2.49. The molecule has 3 unspecified atom stereocenters. The van der Waals surface area contributed by atoms with Crippen molar-refractivity contribution in [3.05, 3.63) is 60.2 Å². The topological polar surface area (TPSA) is 91.0 Å². The third-order valence-electron chi connectivity index (χ3n) is 5.48. The Labute approximate surface area is 174 Å². The van der Waals surface area contributed by atoms with Crippen LogP contribution in [0.2, 0.25) is 0 Å². The number of rotatable bonds is 5. The van der Waals surface area contributed by atoms with Crippen molar-refractivity contribution in [3.63, 3.8) is 0 Å². The van der Waals surface area contributed by atoms with Crippen LogP contribution in [0.5, 0.6) is 11.5 Å². The highest BCUT2D eigenvalue weighted by molar-refractivity contribution is 6.00. The van der Waals surface area contributed by atoms with Crippen molar-refractivity contribution in [3.8, 4) is 11.5 Å². The van der Waals surface area contributed by atoms with E-state index in [4.69, 9.17) is 4.74 Å². The van der Waals surface area contributed by atoms with E-state index in [9.17, 15) is 14.4 Å². The average Bonchev–Trinajstić information content (AvgIpc) is 2.74. The molecule has 0 bridgehead atoms. The van der Waals surface area contributed by atoms with Crippen molar-refractivity contribution >= 4 is 18.0 Å². The van der Waals surface area contributed by atoms with Gasteiger partial charge in [0.25, 0.3) is 0 Å². The molecule has 2 aromatic carbocycles. The van der Waals surface area contributed by atoms with E-state index in [-0.39, 0.29) is 18.5 Å². The van der Waals surface area contributed by atoms with Crippen LogP contribution >= 0.6 is 0 Å². The van der Waals surface area contributed by atoms with Gasteiger partial charge in [-0.25, -0.2) is 9.59 Å². The van der Waals surface area contributed by atoms with Crippen LogP contribution in [0.15, 0.2) is 54.6 Å². The predicted octanol–water partition coefficient (Wildman–Crippen LogP) is 3.08. The Bertz CT molecular complexity index is 965. The van der Waals surface area contributed by atoms with Crippen molar-refractivity contribution in [2.24, 2.45) is 5.92 Å². The Morgan fingerprint density at radius 2 is 1.63 bits per heavy atom. The molecule has 8 nitrogen and oxygen atoms in total. The van der Waals surface area contributed by atoms with Crippen LogP contribution in [0.4, 0.5) is 9.59 Å². The molecule has 0 saturated carbocycles. The molecule has 0 aromatic heterocycles. The predicted molar refractivity (Wildman–Crippen MR) is 110 cm³/mol.